The predicted octanol–water partition coefficient (Wildman–Crippen LogP) is 4.03. The lowest BCUT2D eigenvalue weighted by Crippen LogP contribution is -2.30. The number of rotatable bonds is 4. The molecule has 0 saturated carbocycles. The Labute approximate surface area is 170 Å². The Bertz CT molecular complexity index is 1230. The van der Waals surface area contributed by atoms with Crippen molar-refractivity contribution in [1.29, 1.82) is 5.26 Å². The molecule has 0 spiro atoms. The van der Waals surface area contributed by atoms with Crippen LogP contribution in [0.1, 0.15) is 22.4 Å². The van der Waals surface area contributed by atoms with E-state index in [9.17, 15) is 5.26 Å². The van der Waals surface area contributed by atoms with Gasteiger partial charge in [-0.15, -0.1) is 0 Å². The summed E-state index contributed by atoms with van der Waals surface area (Å²) in [4.78, 5) is 2.08. The summed E-state index contributed by atoms with van der Waals surface area (Å²) in [5, 5.41) is 14.3. The van der Waals surface area contributed by atoms with E-state index in [1.165, 1.54) is 0 Å². The van der Waals surface area contributed by atoms with E-state index >= 15 is 0 Å². The highest BCUT2D eigenvalue weighted by molar-refractivity contribution is 5.71. The maximum atomic E-state index is 9.75. The van der Waals surface area contributed by atoms with Gasteiger partial charge in [0.05, 0.1) is 0 Å². The number of pyridine rings is 1. The molecule has 2 aromatic carbocycles. The van der Waals surface area contributed by atoms with Crippen LogP contribution in [0.4, 0.5) is 5.69 Å². The molecule has 0 N–H and O–H groups in total. The van der Waals surface area contributed by atoms with Crippen LogP contribution in [0.5, 0.6) is 0 Å². The minimum atomic E-state index is 0.624. The fraction of sp³-hybridized carbons (Fsp3) is 0.125. The Hall–Kier alpha value is -3.91. The quantitative estimate of drug-likeness (QED) is 0.502. The predicted molar refractivity (Wildman–Crippen MR) is 116 cm³/mol. The second-order valence-corrected chi connectivity index (χ2v) is 7.13. The first-order valence-electron chi connectivity index (χ1n) is 9.42. The molecular weight excluding hydrogens is 358 g/mol. The van der Waals surface area contributed by atoms with Gasteiger partial charge in [0, 0.05) is 24.9 Å². The van der Waals surface area contributed by atoms with E-state index < -0.39 is 0 Å². The normalized spacial score (nSPS) is 11.1. The third-order valence-electron chi connectivity index (χ3n) is 4.94. The maximum Gasteiger partial charge on any atom is 0.289 e. The van der Waals surface area contributed by atoms with Crippen LogP contribution in [0.25, 0.3) is 23.5 Å². The molecule has 2 heterocycles. The lowest BCUT2D eigenvalue weighted by molar-refractivity contribution is -0.568. The standard InChI is InChI=1S/C24H22N5/c1-18-15-22(14-11-19-9-12-20(13-10-19)27(2)3)29-24(23(18)16-25)28(17-26-29)21-7-5-4-6-8-21/h4-15,17H,1-3H3/q+1. The molecule has 5 nitrogen and oxygen atoms in total. The highest BCUT2D eigenvalue weighted by atomic mass is 15.3. The largest absolute Gasteiger partial charge is 0.378 e. The van der Waals surface area contributed by atoms with Gasteiger partial charge < -0.3 is 4.90 Å². The number of aryl methyl sites for hydroxylation is 1. The van der Waals surface area contributed by atoms with E-state index in [-0.39, 0.29) is 0 Å². The lowest BCUT2D eigenvalue weighted by Gasteiger charge is -2.11. The van der Waals surface area contributed by atoms with Crippen LogP contribution in [0.2, 0.25) is 0 Å². The van der Waals surface area contributed by atoms with Gasteiger partial charge in [-0.3, -0.25) is 0 Å². The smallest absolute Gasteiger partial charge is 0.289 e. The number of fused-ring (bicyclic) bond motifs is 1. The van der Waals surface area contributed by atoms with Gasteiger partial charge in [-0.2, -0.15) is 9.83 Å². The van der Waals surface area contributed by atoms with E-state index in [4.69, 9.17) is 0 Å². The van der Waals surface area contributed by atoms with Crippen LogP contribution in [0, 0.1) is 18.3 Å². The molecular formula is C24H22N5+. The fourth-order valence-corrected chi connectivity index (χ4v) is 3.36. The zero-order chi connectivity index (χ0) is 20.4. The van der Waals surface area contributed by atoms with Gasteiger partial charge in [-0.05, 0) is 54.5 Å². The topological polar surface area (TPSA) is 48.2 Å². The number of para-hydroxylation sites is 1. The zero-order valence-corrected chi connectivity index (χ0v) is 16.7. The first kappa shape index (κ1) is 18.5. The average molecular weight is 380 g/mol. The highest BCUT2D eigenvalue weighted by Crippen LogP contribution is 2.19. The van der Waals surface area contributed by atoms with Crippen molar-refractivity contribution in [2.45, 2.75) is 6.92 Å². The molecule has 0 bridgehead atoms. The summed E-state index contributed by atoms with van der Waals surface area (Å²) in [5.41, 5.74) is 6.47. The molecule has 4 rings (SSSR count). The molecule has 0 unspecified atom stereocenters. The number of nitrogens with zero attached hydrogens (tertiary/aromatic N) is 5. The average Bonchev–Trinajstić information content (AvgIpc) is 3.18. The molecule has 29 heavy (non-hydrogen) atoms. The first-order chi connectivity index (χ1) is 14.1. The number of anilines is 1. The molecule has 0 saturated heterocycles. The van der Waals surface area contributed by atoms with Gasteiger partial charge in [0.15, 0.2) is 0 Å². The monoisotopic (exact) mass is 380 g/mol. The molecule has 2 aromatic heterocycles. The van der Waals surface area contributed by atoms with Crippen molar-refractivity contribution >= 4 is 23.5 Å². The van der Waals surface area contributed by atoms with E-state index in [0.717, 1.165) is 33.8 Å². The summed E-state index contributed by atoms with van der Waals surface area (Å²) in [5.74, 6) is 0. The Morgan fingerprint density at radius 2 is 1.76 bits per heavy atom. The highest BCUT2D eigenvalue weighted by Gasteiger charge is 2.22. The van der Waals surface area contributed by atoms with Crippen LogP contribution >= 0.6 is 0 Å². The van der Waals surface area contributed by atoms with Crippen molar-refractivity contribution in [2.24, 2.45) is 0 Å². The molecule has 0 fully saturated rings. The molecule has 142 valence electrons. The fourth-order valence-electron chi connectivity index (χ4n) is 3.36. The molecule has 5 heteroatoms. The van der Waals surface area contributed by atoms with Crippen LogP contribution in [-0.2, 0) is 0 Å². The number of hydrogen-bond acceptors (Lipinski definition) is 3. The van der Waals surface area contributed by atoms with Crippen molar-refractivity contribution < 1.29 is 4.57 Å². The number of benzene rings is 2. The second kappa shape index (κ2) is 7.61. The SMILES string of the molecule is Cc1cc(/C=C/c2ccc(N(C)C)cc2)n2nc[n+](-c3ccccc3)c2c1C#N. The van der Waals surface area contributed by atoms with Crippen LogP contribution in [-0.4, -0.2) is 23.7 Å². The Morgan fingerprint density at radius 3 is 2.41 bits per heavy atom. The summed E-state index contributed by atoms with van der Waals surface area (Å²) >= 11 is 0. The molecule has 0 aliphatic rings. The van der Waals surface area contributed by atoms with Gasteiger partial charge in [0.25, 0.3) is 12.0 Å². The van der Waals surface area contributed by atoms with Gasteiger partial charge in [0.1, 0.15) is 23.0 Å². The summed E-state index contributed by atoms with van der Waals surface area (Å²) in [6, 6.07) is 22.7. The van der Waals surface area contributed by atoms with E-state index in [1.54, 1.807) is 6.33 Å². The molecule has 0 aliphatic carbocycles. The maximum absolute atomic E-state index is 9.75. The number of aromatic nitrogens is 3. The summed E-state index contributed by atoms with van der Waals surface area (Å²) < 4.78 is 3.78. The zero-order valence-electron chi connectivity index (χ0n) is 16.7. The first-order valence-corrected chi connectivity index (χ1v) is 9.42. The van der Waals surface area contributed by atoms with E-state index in [2.05, 4.69) is 46.4 Å². The molecule has 0 amide bonds. The molecule has 0 atom stereocenters. The second-order valence-electron chi connectivity index (χ2n) is 7.13. The summed E-state index contributed by atoms with van der Waals surface area (Å²) in [6.45, 7) is 1.96. The Balaban J connectivity index is 1.82. The van der Waals surface area contributed by atoms with Crippen molar-refractivity contribution in [3.63, 3.8) is 0 Å². The van der Waals surface area contributed by atoms with Gasteiger partial charge >= 0.3 is 0 Å². The minimum Gasteiger partial charge on any atom is -0.378 e. The minimum absolute atomic E-state index is 0.624. The molecule has 4 aromatic rings. The molecule has 0 radical (unpaired) electrons. The van der Waals surface area contributed by atoms with Crippen LogP contribution in [0.15, 0.2) is 67.0 Å². The van der Waals surface area contributed by atoms with Crippen molar-refractivity contribution in [3.05, 3.63) is 89.4 Å². The number of hydrogen-bond donors (Lipinski definition) is 0. The van der Waals surface area contributed by atoms with Crippen molar-refractivity contribution in [2.75, 3.05) is 19.0 Å². The van der Waals surface area contributed by atoms with Crippen LogP contribution in [0.3, 0.4) is 0 Å². The molecule has 0 aliphatic heterocycles. The number of nitriles is 1. The third-order valence-corrected chi connectivity index (χ3v) is 4.94. The third kappa shape index (κ3) is 3.48. The van der Waals surface area contributed by atoms with Gasteiger partial charge in [-0.1, -0.05) is 40.9 Å². The summed E-state index contributed by atoms with van der Waals surface area (Å²) in [6.07, 6.45) is 5.86. The van der Waals surface area contributed by atoms with Crippen molar-refractivity contribution in [1.82, 2.24) is 9.61 Å². The van der Waals surface area contributed by atoms with E-state index in [0.29, 0.717) is 5.56 Å². The lowest BCUT2D eigenvalue weighted by atomic mass is 10.1. The van der Waals surface area contributed by atoms with E-state index in [1.807, 2.05) is 72.6 Å². The summed E-state index contributed by atoms with van der Waals surface area (Å²) in [7, 11) is 4.06. The van der Waals surface area contributed by atoms with Crippen molar-refractivity contribution in [3.8, 4) is 11.8 Å². The van der Waals surface area contributed by atoms with Gasteiger partial charge in [0.2, 0.25) is 0 Å². The Kier molecular flexibility index (Phi) is 4.84. The van der Waals surface area contributed by atoms with Gasteiger partial charge in [-0.25, -0.2) is 0 Å². The van der Waals surface area contributed by atoms with Crippen LogP contribution < -0.4 is 9.47 Å². The Morgan fingerprint density at radius 1 is 1.03 bits per heavy atom.